The van der Waals surface area contributed by atoms with Crippen molar-refractivity contribution in [1.29, 1.82) is 0 Å². The zero-order valence-electron chi connectivity index (χ0n) is 13.3. The van der Waals surface area contributed by atoms with Crippen LogP contribution in [-0.2, 0) is 4.79 Å². The van der Waals surface area contributed by atoms with E-state index in [9.17, 15) is 14.0 Å². The van der Waals surface area contributed by atoms with Gasteiger partial charge in [-0.05, 0) is 31.0 Å². The molecule has 1 aromatic rings. The van der Waals surface area contributed by atoms with E-state index in [1.54, 1.807) is 22.8 Å². The summed E-state index contributed by atoms with van der Waals surface area (Å²) in [6.45, 7) is 5.63. The first kappa shape index (κ1) is 17.5. The lowest BCUT2D eigenvalue weighted by Gasteiger charge is -2.24. The lowest BCUT2D eigenvalue weighted by molar-refractivity contribution is -0.128. The molecule has 23 heavy (non-hydrogen) atoms. The predicted molar refractivity (Wildman–Crippen MR) is 86.8 cm³/mol. The standard InChI is InChI=1S/C16H21ClFN3O2/c1-11(14-5-4-13(18)10-15(14)17)19-16(23)21-7-3-6-20(8-9-21)12(2)22/h4-5,10-11H,3,6-9H2,1-2H3,(H,19,23)/t11-/m1/s1. The topological polar surface area (TPSA) is 52.7 Å². The molecule has 0 spiro atoms. The van der Waals surface area contributed by atoms with E-state index in [2.05, 4.69) is 5.32 Å². The molecule has 3 amide bonds. The molecule has 1 atom stereocenters. The number of rotatable bonds is 2. The highest BCUT2D eigenvalue weighted by Crippen LogP contribution is 2.23. The fourth-order valence-electron chi connectivity index (χ4n) is 2.64. The highest BCUT2D eigenvalue weighted by atomic mass is 35.5. The van der Waals surface area contributed by atoms with Crippen LogP contribution >= 0.6 is 11.6 Å². The summed E-state index contributed by atoms with van der Waals surface area (Å²) in [5.41, 5.74) is 0.668. The van der Waals surface area contributed by atoms with Crippen LogP contribution in [0.25, 0.3) is 0 Å². The maximum absolute atomic E-state index is 13.1. The zero-order chi connectivity index (χ0) is 17.0. The SMILES string of the molecule is CC(=O)N1CCCN(C(=O)N[C@H](C)c2ccc(F)cc2Cl)CC1. The Kier molecular flexibility index (Phi) is 5.82. The van der Waals surface area contributed by atoms with Crippen molar-refractivity contribution in [2.45, 2.75) is 26.3 Å². The third kappa shape index (κ3) is 4.58. The molecule has 1 saturated heterocycles. The molecule has 1 N–H and O–H groups in total. The lowest BCUT2D eigenvalue weighted by atomic mass is 10.1. The number of halogens is 2. The summed E-state index contributed by atoms with van der Waals surface area (Å²) >= 11 is 6.02. The fourth-order valence-corrected chi connectivity index (χ4v) is 2.97. The molecule has 1 aromatic carbocycles. The number of carbonyl (C=O) groups excluding carboxylic acids is 2. The second-order valence-electron chi connectivity index (χ2n) is 5.68. The second kappa shape index (κ2) is 7.64. The minimum atomic E-state index is -0.408. The summed E-state index contributed by atoms with van der Waals surface area (Å²) in [6.07, 6.45) is 0.749. The molecule has 126 valence electrons. The van der Waals surface area contributed by atoms with E-state index in [1.807, 2.05) is 0 Å². The van der Waals surface area contributed by atoms with E-state index in [4.69, 9.17) is 11.6 Å². The van der Waals surface area contributed by atoms with E-state index in [0.29, 0.717) is 31.7 Å². The first-order chi connectivity index (χ1) is 10.9. The Bertz CT molecular complexity index is 597. The van der Waals surface area contributed by atoms with Gasteiger partial charge in [0.2, 0.25) is 5.91 Å². The molecule has 2 rings (SSSR count). The highest BCUT2D eigenvalue weighted by molar-refractivity contribution is 6.31. The molecule has 5 nitrogen and oxygen atoms in total. The lowest BCUT2D eigenvalue weighted by Crippen LogP contribution is -2.43. The Morgan fingerprint density at radius 1 is 1.22 bits per heavy atom. The second-order valence-corrected chi connectivity index (χ2v) is 6.09. The van der Waals surface area contributed by atoms with Gasteiger partial charge in [0.25, 0.3) is 0 Å². The van der Waals surface area contributed by atoms with Crippen LogP contribution in [0.3, 0.4) is 0 Å². The molecule has 0 aliphatic carbocycles. The van der Waals surface area contributed by atoms with Crippen LogP contribution in [0.2, 0.25) is 5.02 Å². The van der Waals surface area contributed by atoms with Crippen molar-refractivity contribution in [3.8, 4) is 0 Å². The number of nitrogens with zero attached hydrogens (tertiary/aromatic N) is 2. The molecular formula is C16H21ClFN3O2. The van der Waals surface area contributed by atoms with Gasteiger partial charge in [-0.15, -0.1) is 0 Å². The summed E-state index contributed by atoms with van der Waals surface area (Å²) < 4.78 is 13.1. The minimum absolute atomic E-state index is 0.0266. The number of amides is 3. The predicted octanol–water partition coefficient (Wildman–Crippen LogP) is 2.80. The van der Waals surface area contributed by atoms with Gasteiger partial charge in [-0.25, -0.2) is 9.18 Å². The van der Waals surface area contributed by atoms with Gasteiger partial charge in [0.15, 0.2) is 0 Å². The van der Waals surface area contributed by atoms with Gasteiger partial charge in [-0.3, -0.25) is 4.79 Å². The van der Waals surface area contributed by atoms with Crippen LogP contribution in [0.4, 0.5) is 9.18 Å². The molecule has 0 radical (unpaired) electrons. The fraction of sp³-hybridized carbons (Fsp3) is 0.500. The van der Waals surface area contributed by atoms with Gasteiger partial charge in [0.1, 0.15) is 5.82 Å². The Morgan fingerprint density at radius 3 is 2.52 bits per heavy atom. The van der Waals surface area contributed by atoms with Crippen molar-refractivity contribution >= 4 is 23.5 Å². The third-order valence-electron chi connectivity index (χ3n) is 4.00. The Morgan fingerprint density at radius 2 is 1.87 bits per heavy atom. The van der Waals surface area contributed by atoms with Gasteiger partial charge in [0.05, 0.1) is 6.04 Å². The largest absolute Gasteiger partial charge is 0.341 e. The van der Waals surface area contributed by atoms with Crippen LogP contribution in [0.1, 0.15) is 31.9 Å². The quantitative estimate of drug-likeness (QED) is 0.899. The molecule has 1 aliphatic rings. The van der Waals surface area contributed by atoms with Gasteiger partial charge in [-0.2, -0.15) is 0 Å². The average molecular weight is 342 g/mol. The Hall–Kier alpha value is -1.82. The highest BCUT2D eigenvalue weighted by Gasteiger charge is 2.22. The number of urea groups is 1. The van der Waals surface area contributed by atoms with Crippen LogP contribution in [-0.4, -0.2) is 47.9 Å². The summed E-state index contributed by atoms with van der Waals surface area (Å²) in [5.74, 6) is -0.382. The normalized spacial score (nSPS) is 16.7. The summed E-state index contributed by atoms with van der Waals surface area (Å²) in [5, 5.41) is 3.16. The van der Waals surface area contributed by atoms with E-state index >= 15 is 0 Å². The molecule has 1 fully saturated rings. The Balaban J connectivity index is 1.97. The molecular weight excluding hydrogens is 321 g/mol. The molecule has 0 bridgehead atoms. The Labute approximate surface area is 140 Å². The number of nitrogens with one attached hydrogen (secondary N) is 1. The third-order valence-corrected chi connectivity index (χ3v) is 4.32. The van der Waals surface area contributed by atoms with Gasteiger partial charge >= 0.3 is 6.03 Å². The van der Waals surface area contributed by atoms with Crippen molar-refractivity contribution in [2.24, 2.45) is 0 Å². The van der Waals surface area contributed by atoms with Crippen molar-refractivity contribution < 1.29 is 14.0 Å². The maximum Gasteiger partial charge on any atom is 0.317 e. The smallest absolute Gasteiger partial charge is 0.317 e. The summed E-state index contributed by atoms with van der Waals surface area (Å²) in [6, 6.07) is 3.59. The zero-order valence-corrected chi connectivity index (χ0v) is 14.1. The molecule has 1 heterocycles. The number of hydrogen-bond acceptors (Lipinski definition) is 2. The van der Waals surface area contributed by atoms with Crippen molar-refractivity contribution in [2.75, 3.05) is 26.2 Å². The minimum Gasteiger partial charge on any atom is -0.341 e. The first-order valence-electron chi connectivity index (χ1n) is 7.64. The number of hydrogen-bond donors (Lipinski definition) is 1. The number of carbonyl (C=O) groups is 2. The van der Waals surface area contributed by atoms with Crippen molar-refractivity contribution in [3.05, 3.63) is 34.6 Å². The van der Waals surface area contributed by atoms with E-state index in [-0.39, 0.29) is 23.0 Å². The van der Waals surface area contributed by atoms with Crippen LogP contribution < -0.4 is 5.32 Å². The van der Waals surface area contributed by atoms with Crippen molar-refractivity contribution in [3.63, 3.8) is 0 Å². The molecule has 0 unspecified atom stereocenters. The summed E-state index contributed by atoms with van der Waals surface area (Å²) in [4.78, 5) is 27.2. The molecule has 1 aliphatic heterocycles. The molecule has 7 heteroatoms. The molecule has 0 aromatic heterocycles. The van der Waals surface area contributed by atoms with E-state index in [1.165, 1.54) is 19.1 Å². The van der Waals surface area contributed by atoms with Crippen molar-refractivity contribution in [1.82, 2.24) is 15.1 Å². The monoisotopic (exact) mass is 341 g/mol. The van der Waals surface area contributed by atoms with E-state index < -0.39 is 5.82 Å². The summed E-state index contributed by atoms with van der Waals surface area (Å²) in [7, 11) is 0. The number of benzene rings is 1. The van der Waals surface area contributed by atoms with Crippen LogP contribution in [0.5, 0.6) is 0 Å². The van der Waals surface area contributed by atoms with Gasteiger partial charge < -0.3 is 15.1 Å². The van der Waals surface area contributed by atoms with E-state index in [0.717, 1.165) is 6.42 Å². The average Bonchev–Trinajstić information content (AvgIpc) is 2.72. The van der Waals surface area contributed by atoms with Gasteiger partial charge in [-0.1, -0.05) is 17.7 Å². The van der Waals surface area contributed by atoms with Gasteiger partial charge in [0, 0.05) is 38.1 Å². The van der Waals surface area contributed by atoms with Crippen LogP contribution in [0.15, 0.2) is 18.2 Å². The molecule has 0 saturated carbocycles. The first-order valence-corrected chi connectivity index (χ1v) is 8.02. The maximum atomic E-state index is 13.1. The van der Waals surface area contributed by atoms with Crippen LogP contribution in [0, 0.1) is 5.82 Å².